The van der Waals surface area contributed by atoms with Gasteiger partial charge in [0.05, 0.1) is 12.5 Å². The van der Waals surface area contributed by atoms with Crippen molar-refractivity contribution in [2.45, 2.75) is 38.6 Å². The van der Waals surface area contributed by atoms with Crippen molar-refractivity contribution in [3.8, 4) is 5.75 Å². The second-order valence-corrected chi connectivity index (χ2v) is 4.16. The first-order valence-electron chi connectivity index (χ1n) is 5.37. The predicted octanol–water partition coefficient (Wildman–Crippen LogP) is 3.43. The Morgan fingerprint density at radius 1 is 1.18 bits per heavy atom. The molecule has 96 valence electrons. The number of nitrogens with two attached hydrogens (primary N) is 1. The van der Waals surface area contributed by atoms with Gasteiger partial charge in [0.2, 0.25) is 0 Å². The molecule has 2 N–H and O–H groups in total. The number of halogens is 3. The first-order chi connectivity index (χ1) is 7.78. The van der Waals surface area contributed by atoms with E-state index in [1.54, 1.807) is 24.3 Å². The van der Waals surface area contributed by atoms with Gasteiger partial charge < -0.3 is 10.5 Å². The van der Waals surface area contributed by atoms with Crippen molar-refractivity contribution < 1.29 is 17.9 Å². The van der Waals surface area contributed by atoms with E-state index >= 15 is 0 Å². The molecule has 0 spiro atoms. The molecular weight excluding hydrogens is 231 g/mol. The molecule has 0 amide bonds. The summed E-state index contributed by atoms with van der Waals surface area (Å²) in [4.78, 5) is 0. The third kappa shape index (κ3) is 5.08. The fourth-order valence-electron chi connectivity index (χ4n) is 1.43. The summed E-state index contributed by atoms with van der Waals surface area (Å²) in [7, 11) is 0. The highest BCUT2D eigenvalue weighted by Crippen LogP contribution is 2.28. The Hall–Kier alpha value is -1.23. The molecule has 0 fully saturated rings. The molecule has 0 saturated carbocycles. The quantitative estimate of drug-likeness (QED) is 0.884. The van der Waals surface area contributed by atoms with Gasteiger partial charge >= 0.3 is 6.18 Å². The Bertz CT molecular complexity index is 346. The minimum absolute atomic E-state index is 0.0321. The monoisotopic (exact) mass is 247 g/mol. The lowest BCUT2D eigenvalue weighted by Gasteiger charge is -2.15. The van der Waals surface area contributed by atoms with Crippen molar-refractivity contribution in [2.24, 2.45) is 5.73 Å². The van der Waals surface area contributed by atoms with E-state index in [4.69, 9.17) is 10.5 Å². The van der Waals surface area contributed by atoms with Crippen molar-refractivity contribution in [2.75, 3.05) is 0 Å². The highest BCUT2D eigenvalue weighted by atomic mass is 19.4. The van der Waals surface area contributed by atoms with Crippen LogP contribution in [0.5, 0.6) is 5.75 Å². The first-order valence-corrected chi connectivity index (χ1v) is 5.37. The highest BCUT2D eigenvalue weighted by Gasteiger charge is 2.30. The summed E-state index contributed by atoms with van der Waals surface area (Å²) in [5.41, 5.74) is 5.93. The van der Waals surface area contributed by atoms with E-state index in [-0.39, 0.29) is 6.10 Å². The Balaban J connectivity index is 2.67. The van der Waals surface area contributed by atoms with Crippen molar-refractivity contribution in [3.05, 3.63) is 29.8 Å². The van der Waals surface area contributed by atoms with Gasteiger partial charge in [0, 0.05) is 6.04 Å². The van der Waals surface area contributed by atoms with Crippen molar-refractivity contribution in [1.82, 2.24) is 0 Å². The van der Waals surface area contributed by atoms with Gasteiger partial charge in [0.1, 0.15) is 5.75 Å². The fraction of sp³-hybridized carbons (Fsp3) is 0.500. The molecule has 0 heterocycles. The summed E-state index contributed by atoms with van der Waals surface area (Å²) in [5, 5.41) is 0. The van der Waals surface area contributed by atoms with Crippen LogP contribution in [0.1, 0.15) is 31.9 Å². The zero-order valence-corrected chi connectivity index (χ0v) is 9.79. The topological polar surface area (TPSA) is 35.2 Å². The molecule has 2 nitrogen and oxygen atoms in total. The van der Waals surface area contributed by atoms with Gasteiger partial charge in [-0.1, -0.05) is 12.1 Å². The van der Waals surface area contributed by atoms with E-state index in [0.717, 1.165) is 0 Å². The summed E-state index contributed by atoms with van der Waals surface area (Å²) in [6, 6.07) is 5.36. The number of hydrogen-bond acceptors (Lipinski definition) is 2. The second-order valence-electron chi connectivity index (χ2n) is 4.16. The molecule has 0 aromatic heterocycles. The van der Waals surface area contributed by atoms with E-state index in [9.17, 15) is 13.2 Å². The Morgan fingerprint density at radius 2 is 1.71 bits per heavy atom. The normalized spacial score (nSPS) is 13.8. The average molecular weight is 247 g/mol. The maximum absolute atomic E-state index is 12.1. The van der Waals surface area contributed by atoms with Gasteiger partial charge in [-0.2, -0.15) is 13.2 Å². The lowest BCUT2D eigenvalue weighted by molar-refractivity contribution is -0.138. The van der Waals surface area contributed by atoms with E-state index in [2.05, 4.69) is 0 Å². The zero-order valence-electron chi connectivity index (χ0n) is 9.79. The molecule has 1 atom stereocenters. The zero-order chi connectivity index (χ0) is 13.1. The molecule has 0 radical (unpaired) electrons. The summed E-state index contributed by atoms with van der Waals surface area (Å²) in [6.45, 7) is 3.76. The Labute approximate surface area is 98.6 Å². The van der Waals surface area contributed by atoms with Crippen LogP contribution in [0.25, 0.3) is 0 Å². The number of rotatable bonds is 4. The van der Waals surface area contributed by atoms with Crippen LogP contribution in [0.3, 0.4) is 0 Å². The van der Waals surface area contributed by atoms with Crippen LogP contribution in [-0.4, -0.2) is 12.3 Å². The molecule has 0 bridgehead atoms. The molecule has 17 heavy (non-hydrogen) atoms. The Morgan fingerprint density at radius 3 is 2.12 bits per heavy atom. The molecule has 5 heteroatoms. The van der Waals surface area contributed by atoms with Gasteiger partial charge in [0.15, 0.2) is 0 Å². The second kappa shape index (κ2) is 5.40. The molecule has 0 saturated heterocycles. The van der Waals surface area contributed by atoms with Crippen LogP contribution >= 0.6 is 0 Å². The van der Waals surface area contributed by atoms with Crippen molar-refractivity contribution >= 4 is 0 Å². The third-order valence-electron chi connectivity index (χ3n) is 2.13. The van der Waals surface area contributed by atoms with Crippen LogP contribution < -0.4 is 10.5 Å². The van der Waals surface area contributed by atoms with E-state index in [1.807, 2.05) is 13.8 Å². The minimum atomic E-state index is -4.24. The lowest BCUT2D eigenvalue weighted by atomic mass is 10.0. The minimum Gasteiger partial charge on any atom is -0.491 e. The maximum atomic E-state index is 12.1. The number of benzene rings is 1. The highest BCUT2D eigenvalue weighted by molar-refractivity contribution is 5.29. The van der Waals surface area contributed by atoms with Gasteiger partial charge in [0.25, 0.3) is 0 Å². The van der Waals surface area contributed by atoms with Gasteiger partial charge in [-0.05, 0) is 31.5 Å². The standard InChI is InChI=1S/C12H16F3NO/c1-8(2)17-10-5-3-9(4-6-10)11(16)7-12(13,14)15/h3-6,8,11H,7,16H2,1-2H3/t11-/m0/s1. The molecule has 1 aromatic carbocycles. The van der Waals surface area contributed by atoms with Crippen molar-refractivity contribution in [1.29, 1.82) is 0 Å². The van der Waals surface area contributed by atoms with E-state index < -0.39 is 18.6 Å². The van der Waals surface area contributed by atoms with Crippen LogP contribution in [0.2, 0.25) is 0 Å². The fourth-order valence-corrected chi connectivity index (χ4v) is 1.43. The summed E-state index contributed by atoms with van der Waals surface area (Å²) in [5.74, 6) is 0.628. The molecule has 0 aliphatic heterocycles. The van der Waals surface area contributed by atoms with E-state index in [0.29, 0.717) is 11.3 Å². The van der Waals surface area contributed by atoms with E-state index in [1.165, 1.54) is 0 Å². The summed E-state index contributed by atoms with van der Waals surface area (Å²) in [6.07, 6.45) is -5.23. The van der Waals surface area contributed by atoms with Gasteiger partial charge in [-0.25, -0.2) is 0 Å². The van der Waals surface area contributed by atoms with Crippen LogP contribution in [-0.2, 0) is 0 Å². The third-order valence-corrected chi connectivity index (χ3v) is 2.13. The molecule has 1 rings (SSSR count). The van der Waals surface area contributed by atoms with Crippen molar-refractivity contribution in [3.63, 3.8) is 0 Å². The molecule has 0 aliphatic rings. The Kier molecular flexibility index (Phi) is 4.40. The molecule has 0 unspecified atom stereocenters. The molecular formula is C12H16F3NO. The SMILES string of the molecule is CC(C)Oc1ccc([C@@H](N)CC(F)(F)F)cc1. The van der Waals surface area contributed by atoms with Gasteiger partial charge in [-0.3, -0.25) is 0 Å². The molecule has 0 aliphatic carbocycles. The summed E-state index contributed by atoms with van der Waals surface area (Å²) >= 11 is 0. The maximum Gasteiger partial charge on any atom is 0.390 e. The number of hydrogen-bond donors (Lipinski definition) is 1. The largest absolute Gasteiger partial charge is 0.491 e. The molecule has 1 aromatic rings. The number of ether oxygens (including phenoxy) is 1. The summed E-state index contributed by atoms with van der Waals surface area (Å²) < 4.78 is 41.8. The van der Waals surface area contributed by atoms with Crippen LogP contribution in [0, 0.1) is 0 Å². The van der Waals surface area contributed by atoms with Gasteiger partial charge in [-0.15, -0.1) is 0 Å². The number of alkyl halides is 3. The lowest BCUT2D eigenvalue weighted by Crippen LogP contribution is -2.20. The van der Waals surface area contributed by atoms with Crippen LogP contribution in [0.15, 0.2) is 24.3 Å². The predicted molar refractivity (Wildman–Crippen MR) is 59.8 cm³/mol. The smallest absolute Gasteiger partial charge is 0.390 e. The average Bonchev–Trinajstić information content (AvgIpc) is 2.15. The first kappa shape index (κ1) is 13.8. The van der Waals surface area contributed by atoms with Crippen LogP contribution in [0.4, 0.5) is 13.2 Å².